The third kappa shape index (κ3) is 3.15. The molecule has 2 aromatic carbocycles. The molecule has 2 heterocycles. The monoisotopic (exact) mass is 428 g/mol. The first kappa shape index (κ1) is 19.2. The molecule has 0 unspecified atom stereocenters. The van der Waals surface area contributed by atoms with Crippen LogP contribution in [0.4, 0.5) is 5.69 Å². The molecule has 28 heavy (non-hydrogen) atoms. The second kappa shape index (κ2) is 7.35. The van der Waals surface area contributed by atoms with Crippen molar-refractivity contribution in [3.8, 4) is 0 Å². The lowest BCUT2D eigenvalue weighted by Crippen LogP contribution is -2.34. The molecule has 2 aromatic rings. The number of anilines is 1. The van der Waals surface area contributed by atoms with E-state index >= 15 is 0 Å². The lowest BCUT2D eigenvalue weighted by atomic mass is 10.1. The zero-order chi connectivity index (χ0) is 20.0. The number of benzene rings is 2. The lowest BCUT2D eigenvalue weighted by molar-refractivity contribution is -0.123. The number of amides is 2. The third-order valence-electron chi connectivity index (χ3n) is 4.72. The van der Waals surface area contributed by atoms with E-state index in [4.69, 9.17) is 23.8 Å². The van der Waals surface area contributed by atoms with E-state index in [2.05, 4.69) is 0 Å². The van der Waals surface area contributed by atoms with Crippen LogP contribution in [0.3, 0.4) is 0 Å². The van der Waals surface area contributed by atoms with Crippen LogP contribution in [-0.4, -0.2) is 27.1 Å². The van der Waals surface area contributed by atoms with Gasteiger partial charge >= 0.3 is 0 Å². The number of hydrogen-bond donors (Lipinski definition) is 0. The van der Waals surface area contributed by atoms with Crippen LogP contribution in [0.1, 0.15) is 25.0 Å². The van der Waals surface area contributed by atoms with Crippen molar-refractivity contribution < 1.29 is 9.59 Å². The summed E-state index contributed by atoms with van der Waals surface area (Å²) in [5, 5.41) is 0.648. The molecule has 142 valence electrons. The summed E-state index contributed by atoms with van der Waals surface area (Å²) < 4.78 is 0.490. The number of nitrogens with zero attached hydrogens (tertiary/aromatic N) is 2. The molecule has 0 radical (unpaired) electrons. The summed E-state index contributed by atoms with van der Waals surface area (Å²) in [5.74, 6) is -0.378. The molecule has 0 aromatic heterocycles. The fourth-order valence-corrected chi connectivity index (χ4v) is 5.13. The van der Waals surface area contributed by atoms with E-state index in [0.29, 0.717) is 26.4 Å². The molecule has 1 fully saturated rings. The molecule has 2 aliphatic heterocycles. The average molecular weight is 429 g/mol. The molecule has 0 aliphatic carbocycles. The molecule has 0 bridgehead atoms. The van der Waals surface area contributed by atoms with Gasteiger partial charge in [-0.1, -0.05) is 65.9 Å². The molecule has 2 amide bonds. The Bertz CT molecular complexity index is 1030. The van der Waals surface area contributed by atoms with Gasteiger partial charge in [0.25, 0.3) is 11.8 Å². The van der Waals surface area contributed by atoms with Crippen molar-refractivity contribution in [1.82, 2.24) is 4.90 Å². The van der Waals surface area contributed by atoms with Gasteiger partial charge in [0, 0.05) is 16.6 Å². The highest BCUT2D eigenvalue weighted by Crippen LogP contribution is 2.45. The molecular formula is C21H17ClN2O2S2. The highest BCUT2D eigenvalue weighted by atomic mass is 35.5. The van der Waals surface area contributed by atoms with Gasteiger partial charge in [0.1, 0.15) is 4.32 Å². The first-order chi connectivity index (χ1) is 13.4. The van der Waals surface area contributed by atoms with Crippen LogP contribution in [0.5, 0.6) is 0 Å². The number of para-hydroxylation sites is 1. The van der Waals surface area contributed by atoms with Gasteiger partial charge in [-0.15, -0.1) is 0 Å². The Morgan fingerprint density at radius 1 is 1.04 bits per heavy atom. The SMILES string of the molecule is CC(C)N1C(=O)/C(=C2/C(=O)N(Cc3ccc(Cl)cc3)c3ccccc32)SC1=S. The topological polar surface area (TPSA) is 40.6 Å². The van der Waals surface area contributed by atoms with E-state index in [1.165, 1.54) is 11.8 Å². The fourth-order valence-electron chi connectivity index (χ4n) is 3.40. The van der Waals surface area contributed by atoms with Gasteiger partial charge in [0.2, 0.25) is 0 Å². The maximum atomic E-state index is 13.4. The zero-order valence-electron chi connectivity index (χ0n) is 15.3. The Morgan fingerprint density at radius 2 is 1.71 bits per heavy atom. The van der Waals surface area contributed by atoms with E-state index in [0.717, 1.165) is 16.8 Å². The number of thioether (sulfide) groups is 1. The quantitative estimate of drug-likeness (QED) is 0.516. The van der Waals surface area contributed by atoms with Gasteiger partial charge in [0.05, 0.1) is 22.7 Å². The fraction of sp³-hybridized carbons (Fsp3) is 0.190. The van der Waals surface area contributed by atoms with Crippen molar-refractivity contribution in [2.75, 3.05) is 4.90 Å². The van der Waals surface area contributed by atoms with Gasteiger partial charge in [0.15, 0.2) is 0 Å². The maximum absolute atomic E-state index is 13.4. The standard InChI is InChI=1S/C21H17ClN2O2S2/c1-12(2)24-20(26)18(28-21(24)27)17-15-5-3-4-6-16(15)23(19(17)25)11-13-7-9-14(22)10-8-13/h3-10,12H,11H2,1-2H3/b18-17-. The van der Waals surface area contributed by atoms with Crippen molar-refractivity contribution in [3.05, 3.63) is 69.6 Å². The van der Waals surface area contributed by atoms with Crippen LogP contribution in [0, 0.1) is 0 Å². The summed E-state index contributed by atoms with van der Waals surface area (Å²) in [6, 6.07) is 14.9. The van der Waals surface area contributed by atoms with E-state index < -0.39 is 0 Å². The van der Waals surface area contributed by atoms with Gasteiger partial charge < -0.3 is 4.90 Å². The average Bonchev–Trinajstić information content (AvgIpc) is 3.10. The summed E-state index contributed by atoms with van der Waals surface area (Å²) >= 11 is 12.6. The van der Waals surface area contributed by atoms with E-state index in [1.807, 2.05) is 50.2 Å². The van der Waals surface area contributed by atoms with E-state index in [9.17, 15) is 9.59 Å². The minimum Gasteiger partial charge on any atom is -0.303 e. The molecule has 0 N–H and O–H groups in total. The number of hydrogen-bond acceptors (Lipinski definition) is 4. The molecule has 0 saturated carbocycles. The molecule has 7 heteroatoms. The van der Waals surface area contributed by atoms with Crippen LogP contribution in [0.25, 0.3) is 5.57 Å². The molecular weight excluding hydrogens is 412 g/mol. The Labute approximate surface area is 178 Å². The largest absolute Gasteiger partial charge is 0.303 e. The Kier molecular flexibility index (Phi) is 5.04. The first-order valence-electron chi connectivity index (χ1n) is 8.84. The normalized spacial score (nSPS) is 19.2. The highest BCUT2D eigenvalue weighted by molar-refractivity contribution is 8.26. The van der Waals surface area contributed by atoms with Crippen LogP contribution in [0.15, 0.2) is 53.4 Å². The predicted octanol–water partition coefficient (Wildman–Crippen LogP) is 4.87. The first-order valence-corrected chi connectivity index (χ1v) is 10.4. The van der Waals surface area contributed by atoms with Gasteiger partial charge in [-0.05, 0) is 37.6 Å². The summed E-state index contributed by atoms with van der Waals surface area (Å²) in [6.45, 7) is 4.23. The number of thiocarbonyl (C=S) groups is 1. The second-order valence-electron chi connectivity index (χ2n) is 6.88. The number of carbonyl (C=O) groups excluding carboxylic acids is 2. The van der Waals surface area contributed by atoms with Crippen molar-refractivity contribution in [2.45, 2.75) is 26.4 Å². The Hall–Kier alpha value is -2.15. The second-order valence-corrected chi connectivity index (χ2v) is 8.96. The van der Waals surface area contributed by atoms with Crippen LogP contribution in [0.2, 0.25) is 5.02 Å². The van der Waals surface area contributed by atoms with Crippen molar-refractivity contribution >= 4 is 63.0 Å². The summed E-state index contributed by atoms with van der Waals surface area (Å²) in [7, 11) is 0. The van der Waals surface area contributed by atoms with Crippen LogP contribution >= 0.6 is 35.6 Å². The summed E-state index contributed by atoms with van der Waals surface area (Å²) in [6.07, 6.45) is 0. The Balaban J connectivity index is 1.78. The van der Waals surface area contributed by atoms with E-state index in [1.54, 1.807) is 21.9 Å². The van der Waals surface area contributed by atoms with E-state index in [-0.39, 0.29) is 17.9 Å². The lowest BCUT2D eigenvalue weighted by Gasteiger charge is -2.18. The molecule has 0 atom stereocenters. The summed E-state index contributed by atoms with van der Waals surface area (Å²) in [5.41, 5.74) is 2.96. The molecule has 4 rings (SSSR count). The molecule has 2 aliphatic rings. The molecule has 4 nitrogen and oxygen atoms in total. The number of fused-ring (bicyclic) bond motifs is 1. The number of carbonyl (C=O) groups is 2. The zero-order valence-corrected chi connectivity index (χ0v) is 17.7. The van der Waals surface area contributed by atoms with Crippen molar-refractivity contribution in [1.29, 1.82) is 0 Å². The van der Waals surface area contributed by atoms with Crippen molar-refractivity contribution in [3.63, 3.8) is 0 Å². The van der Waals surface area contributed by atoms with Gasteiger partial charge in [-0.3, -0.25) is 14.5 Å². The van der Waals surface area contributed by atoms with Crippen LogP contribution < -0.4 is 4.90 Å². The van der Waals surface area contributed by atoms with Crippen LogP contribution in [-0.2, 0) is 16.1 Å². The van der Waals surface area contributed by atoms with Gasteiger partial charge in [-0.25, -0.2) is 0 Å². The van der Waals surface area contributed by atoms with Gasteiger partial charge in [-0.2, -0.15) is 0 Å². The number of halogens is 1. The highest BCUT2D eigenvalue weighted by Gasteiger charge is 2.42. The molecule has 0 spiro atoms. The van der Waals surface area contributed by atoms with Crippen molar-refractivity contribution in [2.24, 2.45) is 0 Å². The smallest absolute Gasteiger partial charge is 0.267 e. The minimum atomic E-state index is -0.198. The Morgan fingerprint density at radius 3 is 2.36 bits per heavy atom. The maximum Gasteiger partial charge on any atom is 0.267 e. The number of rotatable bonds is 3. The summed E-state index contributed by atoms with van der Waals surface area (Å²) in [4.78, 5) is 30.0. The molecule has 1 saturated heterocycles. The minimum absolute atomic E-state index is 0.0532. The third-order valence-corrected chi connectivity index (χ3v) is 6.37. The predicted molar refractivity (Wildman–Crippen MR) is 118 cm³/mol.